The average Bonchev–Trinajstić information content (AvgIpc) is 2.30. The lowest BCUT2D eigenvalue weighted by Crippen LogP contribution is -2.36. The van der Waals surface area contributed by atoms with Gasteiger partial charge in [0, 0.05) is 5.69 Å². The highest BCUT2D eigenvalue weighted by atomic mass is 16.2. The molecule has 0 aliphatic heterocycles. The van der Waals surface area contributed by atoms with Crippen LogP contribution in [0.1, 0.15) is 37.8 Å². The van der Waals surface area contributed by atoms with Crippen LogP contribution in [0.4, 0.5) is 5.69 Å². The predicted octanol–water partition coefficient (Wildman–Crippen LogP) is 2.66. The van der Waals surface area contributed by atoms with E-state index in [4.69, 9.17) is 0 Å². The number of aryl methyl sites for hydroxylation is 1. The van der Waals surface area contributed by atoms with Gasteiger partial charge in [-0.25, -0.2) is 0 Å². The number of hydrogen-bond donors (Lipinski definition) is 2. The molecule has 0 aliphatic rings. The van der Waals surface area contributed by atoms with Crippen LogP contribution in [-0.4, -0.2) is 19.0 Å². The molecule has 0 aromatic heterocycles. The Morgan fingerprint density at radius 3 is 2.41 bits per heavy atom. The van der Waals surface area contributed by atoms with Crippen molar-refractivity contribution < 1.29 is 4.79 Å². The summed E-state index contributed by atoms with van der Waals surface area (Å²) in [7, 11) is 1.78. The number of para-hydroxylation sites is 1. The van der Waals surface area contributed by atoms with Gasteiger partial charge in [0.2, 0.25) is 5.91 Å². The van der Waals surface area contributed by atoms with Crippen molar-refractivity contribution in [1.82, 2.24) is 5.32 Å². The van der Waals surface area contributed by atoms with Gasteiger partial charge in [-0.15, -0.1) is 0 Å². The molecule has 0 bridgehead atoms. The van der Waals surface area contributed by atoms with Crippen molar-refractivity contribution in [2.24, 2.45) is 0 Å². The maximum Gasteiger partial charge on any atom is 0.241 e. The molecule has 1 atom stereocenters. The zero-order chi connectivity index (χ0) is 13.0. The Balaban J connectivity index is 3.01. The molecule has 0 heterocycles. The number of hydrogen-bond acceptors (Lipinski definition) is 2. The van der Waals surface area contributed by atoms with Crippen molar-refractivity contribution in [2.75, 3.05) is 12.4 Å². The summed E-state index contributed by atoms with van der Waals surface area (Å²) in [5.74, 6) is 0.402. The Labute approximate surface area is 104 Å². The highest BCUT2D eigenvalue weighted by molar-refractivity contribution is 5.96. The van der Waals surface area contributed by atoms with Crippen LogP contribution in [0.3, 0.4) is 0 Å². The SMILES string of the molecule is CNC(C)C(=O)Nc1c(C)cccc1C(C)C. The molecule has 1 aromatic rings. The molecular formula is C14H22N2O. The van der Waals surface area contributed by atoms with Crippen LogP contribution in [0.2, 0.25) is 0 Å². The Hall–Kier alpha value is -1.35. The number of benzene rings is 1. The van der Waals surface area contributed by atoms with Gasteiger partial charge in [0.05, 0.1) is 6.04 Å². The minimum atomic E-state index is -0.186. The Bertz CT molecular complexity index is 399. The first kappa shape index (κ1) is 13.7. The van der Waals surface area contributed by atoms with Gasteiger partial charge < -0.3 is 10.6 Å². The molecule has 3 heteroatoms. The number of anilines is 1. The van der Waals surface area contributed by atoms with Gasteiger partial charge in [0.25, 0.3) is 0 Å². The molecule has 1 rings (SSSR count). The number of nitrogens with one attached hydrogen (secondary N) is 2. The lowest BCUT2D eigenvalue weighted by Gasteiger charge is -2.18. The second kappa shape index (κ2) is 5.82. The minimum absolute atomic E-state index is 0.00343. The van der Waals surface area contributed by atoms with E-state index in [0.717, 1.165) is 11.3 Å². The van der Waals surface area contributed by atoms with E-state index in [0.29, 0.717) is 5.92 Å². The predicted molar refractivity (Wildman–Crippen MR) is 72.4 cm³/mol. The third-order valence-corrected chi connectivity index (χ3v) is 3.00. The van der Waals surface area contributed by atoms with E-state index < -0.39 is 0 Å². The summed E-state index contributed by atoms with van der Waals surface area (Å²) in [6.45, 7) is 8.13. The number of rotatable bonds is 4. The van der Waals surface area contributed by atoms with E-state index in [1.165, 1.54) is 5.56 Å². The van der Waals surface area contributed by atoms with Crippen LogP contribution < -0.4 is 10.6 Å². The van der Waals surface area contributed by atoms with Gasteiger partial charge in [-0.1, -0.05) is 32.0 Å². The first-order valence-corrected chi connectivity index (χ1v) is 6.05. The van der Waals surface area contributed by atoms with Crippen molar-refractivity contribution in [3.8, 4) is 0 Å². The highest BCUT2D eigenvalue weighted by Gasteiger charge is 2.15. The van der Waals surface area contributed by atoms with Gasteiger partial charge in [0.1, 0.15) is 0 Å². The summed E-state index contributed by atoms with van der Waals surface area (Å²) in [5, 5.41) is 5.95. The molecule has 1 amide bonds. The van der Waals surface area contributed by atoms with Gasteiger partial charge >= 0.3 is 0 Å². The number of carbonyl (C=O) groups excluding carboxylic acids is 1. The van der Waals surface area contributed by atoms with Crippen molar-refractivity contribution in [1.29, 1.82) is 0 Å². The molecule has 94 valence electrons. The lowest BCUT2D eigenvalue weighted by atomic mass is 9.98. The maximum absolute atomic E-state index is 11.9. The molecule has 17 heavy (non-hydrogen) atoms. The maximum atomic E-state index is 11.9. The quantitative estimate of drug-likeness (QED) is 0.841. The summed E-state index contributed by atoms with van der Waals surface area (Å²) in [6.07, 6.45) is 0. The molecule has 0 saturated carbocycles. The van der Waals surface area contributed by atoms with Crippen molar-refractivity contribution in [2.45, 2.75) is 39.7 Å². The summed E-state index contributed by atoms with van der Waals surface area (Å²) in [4.78, 5) is 11.9. The standard InChI is InChI=1S/C14H22N2O/c1-9(2)12-8-6-7-10(3)13(12)16-14(17)11(4)15-5/h6-9,11,15H,1-5H3,(H,16,17). The molecule has 0 radical (unpaired) electrons. The zero-order valence-electron chi connectivity index (χ0n) is 11.3. The van der Waals surface area contributed by atoms with E-state index in [9.17, 15) is 4.79 Å². The molecule has 3 nitrogen and oxygen atoms in total. The Morgan fingerprint density at radius 1 is 1.24 bits per heavy atom. The summed E-state index contributed by atoms with van der Waals surface area (Å²) >= 11 is 0. The van der Waals surface area contributed by atoms with E-state index in [1.54, 1.807) is 7.05 Å². The fourth-order valence-electron chi connectivity index (χ4n) is 1.70. The largest absolute Gasteiger partial charge is 0.324 e. The van der Waals surface area contributed by atoms with Gasteiger partial charge in [-0.3, -0.25) is 4.79 Å². The molecule has 1 aromatic carbocycles. The monoisotopic (exact) mass is 234 g/mol. The fourth-order valence-corrected chi connectivity index (χ4v) is 1.70. The topological polar surface area (TPSA) is 41.1 Å². The molecule has 2 N–H and O–H groups in total. The molecule has 0 fully saturated rings. The number of likely N-dealkylation sites (N-methyl/N-ethyl adjacent to an activating group) is 1. The second-order valence-electron chi connectivity index (χ2n) is 4.69. The Kier molecular flexibility index (Phi) is 4.70. The first-order valence-electron chi connectivity index (χ1n) is 6.05. The molecule has 0 saturated heterocycles. The average molecular weight is 234 g/mol. The minimum Gasteiger partial charge on any atom is -0.324 e. The van der Waals surface area contributed by atoms with Crippen molar-refractivity contribution in [3.05, 3.63) is 29.3 Å². The first-order chi connectivity index (χ1) is 7.97. The van der Waals surface area contributed by atoms with Crippen LogP contribution in [0, 0.1) is 6.92 Å². The normalized spacial score (nSPS) is 12.6. The van der Waals surface area contributed by atoms with Gasteiger partial charge in [-0.2, -0.15) is 0 Å². The number of carbonyl (C=O) groups is 1. The molecular weight excluding hydrogens is 212 g/mol. The van der Waals surface area contributed by atoms with E-state index in [-0.39, 0.29) is 11.9 Å². The molecule has 0 aliphatic carbocycles. The summed E-state index contributed by atoms with van der Waals surface area (Å²) in [5.41, 5.74) is 3.24. The fraction of sp³-hybridized carbons (Fsp3) is 0.500. The molecule has 0 spiro atoms. The van der Waals surface area contributed by atoms with E-state index >= 15 is 0 Å². The van der Waals surface area contributed by atoms with Crippen molar-refractivity contribution in [3.63, 3.8) is 0 Å². The Morgan fingerprint density at radius 2 is 1.88 bits per heavy atom. The number of amides is 1. The highest BCUT2D eigenvalue weighted by Crippen LogP contribution is 2.27. The van der Waals surface area contributed by atoms with E-state index in [1.807, 2.05) is 26.0 Å². The molecule has 1 unspecified atom stereocenters. The van der Waals surface area contributed by atoms with Gasteiger partial charge in [-0.05, 0) is 37.9 Å². The smallest absolute Gasteiger partial charge is 0.241 e. The lowest BCUT2D eigenvalue weighted by molar-refractivity contribution is -0.117. The summed E-state index contributed by atoms with van der Waals surface area (Å²) < 4.78 is 0. The van der Waals surface area contributed by atoms with Crippen LogP contribution in [0.15, 0.2) is 18.2 Å². The third kappa shape index (κ3) is 3.30. The second-order valence-corrected chi connectivity index (χ2v) is 4.69. The zero-order valence-corrected chi connectivity index (χ0v) is 11.3. The van der Waals surface area contributed by atoms with Crippen molar-refractivity contribution >= 4 is 11.6 Å². The van der Waals surface area contributed by atoms with Crippen LogP contribution in [0.25, 0.3) is 0 Å². The van der Waals surface area contributed by atoms with Crippen LogP contribution in [0.5, 0.6) is 0 Å². The van der Waals surface area contributed by atoms with Crippen LogP contribution >= 0.6 is 0 Å². The van der Waals surface area contributed by atoms with E-state index in [2.05, 4.69) is 30.5 Å². The van der Waals surface area contributed by atoms with Gasteiger partial charge in [0.15, 0.2) is 0 Å². The summed E-state index contributed by atoms with van der Waals surface area (Å²) in [6, 6.07) is 5.93. The third-order valence-electron chi connectivity index (χ3n) is 3.00. The van der Waals surface area contributed by atoms with Crippen LogP contribution in [-0.2, 0) is 4.79 Å².